The molecular formula is C27H26N6O6. The van der Waals surface area contributed by atoms with Gasteiger partial charge in [-0.25, -0.2) is 4.79 Å². The number of benzene rings is 3. The largest absolute Gasteiger partial charge is 0.493 e. The first-order chi connectivity index (χ1) is 18.8. The zero-order valence-corrected chi connectivity index (χ0v) is 21.5. The second-order valence-corrected chi connectivity index (χ2v) is 8.10. The minimum Gasteiger partial charge on any atom is -0.493 e. The number of methoxy groups -OCH3 is 3. The molecule has 4 amide bonds. The summed E-state index contributed by atoms with van der Waals surface area (Å²) < 4.78 is 15.9. The minimum absolute atomic E-state index is 0.243. The Morgan fingerprint density at radius 3 is 2.13 bits per heavy atom. The molecule has 3 rings (SSSR count). The number of ether oxygens (including phenoxy) is 3. The molecule has 0 fully saturated rings. The average Bonchev–Trinajstić information content (AvgIpc) is 2.96. The van der Waals surface area contributed by atoms with Crippen LogP contribution in [0.1, 0.15) is 5.56 Å². The molecule has 0 saturated carbocycles. The third-order valence-electron chi connectivity index (χ3n) is 5.82. The van der Waals surface area contributed by atoms with Crippen LogP contribution in [0.3, 0.4) is 0 Å². The topological polar surface area (TPSA) is 175 Å². The van der Waals surface area contributed by atoms with E-state index in [9.17, 15) is 14.4 Å². The van der Waals surface area contributed by atoms with Crippen molar-refractivity contribution in [3.05, 3.63) is 60.2 Å². The second kappa shape index (κ2) is 12.7. The molecule has 3 aromatic carbocycles. The molecule has 0 aliphatic heterocycles. The Balaban J connectivity index is 2.08. The fraction of sp³-hybridized carbons (Fsp3) is 0.222. The van der Waals surface area contributed by atoms with Crippen LogP contribution in [-0.4, -0.2) is 52.3 Å². The van der Waals surface area contributed by atoms with Gasteiger partial charge >= 0.3 is 11.9 Å². The summed E-state index contributed by atoms with van der Waals surface area (Å²) in [4.78, 5) is 38.8. The van der Waals surface area contributed by atoms with E-state index in [0.717, 1.165) is 10.8 Å². The summed E-state index contributed by atoms with van der Waals surface area (Å²) in [6.07, 6.45) is 0. The van der Waals surface area contributed by atoms with Crippen LogP contribution in [0, 0.1) is 22.7 Å². The number of carbonyl (C=O) groups excluding carboxylic acids is 3. The first kappa shape index (κ1) is 28.1. The molecule has 0 heterocycles. The lowest BCUT2D eigenvalue weighted by Gasteiger charge is -2.34. The maximum atomic E-state index is 13.5. The van der Waals surface area contributed by atoms with Crippen LogP contribution in [-0.2, 0) is 15.1 Å². The molecule has 0 aliphatic rings. The van der Waals surface area contributed by atoms with Gasteiger partial charge in [0, 0.05) is 12.1 Å². The number of nitrogens with one attached hydrogen (secondary N) is 4. The lowest BCUT2D eigenvalue weighted by molar-refractivity contribution is -0.127. The van der Waals surface area contributed by atoms with Gasteiger partial charge in [0.1, 0.15) is 6.54 Å². The average molecular weight is 531 g/mol. The first-order valence-electron chi connectivity index (χ1n) is 11.5. The summed E-state index contributed by atoms with van der Waals surface area (Å²) in [5.74, 6) is -0.925. The van der Waals surface area contributed by atoms with Gasteiger partial charge in [0.15, 0.2) is 23.1 Å². The van der Waals surface area contributed by atoms with Crippen LogP contribution >= 0.6 is 0 Å². The zero-order chi connectivity index (χ0) is 28.4. The molecule has 0 bridgehead atoms. The predicted molar refractivity (Wildman–Crippen MR) is 141 cm³/mol. The lowest BCUT2D eigenvalue weighted by Crippen LogP contribution is -2.62. The predicted octanol–water partition coefficient (Wildman–Crippen LogP) is 2.16. The van der Waals surface area contributed by atoms with Crippen molar-refractivity contribution in [2.75, 3.05) is 39.7 Å². The SMILES string of the molecule is COc1cc(NC(=O)NC(CNC(=O)C#N)(C(=O)NCC#N)c2ccc3ccccc3c2)cc(OC)c1OC. The molecule has 0 aliphatic carbocycles. The molecule has 0 aromatic heterocycles. The van der Waals surface area contributed by atoms with Gasteiger partial charge in [-0.1, -0.05) is 36.4 Å². The summed E-state index contributed by atoms with van der Waals surface area (Å²) in [6.45, 7) is -0.853. The van der Waals surface area contributed by atoms with Crippen LogP contribution in [0.5, 0.6) is 17.2 Å². The highest BCUT2D eigenvalue weighted by Crippen LogP contribution is 2.40. The molecule has 3 aromatic rings. The van der Waals surface area contributed by atoms with Crippen molar-refractivity contribution < 1.29 is 28.6 Å². The van der Waals surface area contributed by atoms with Gasteiger partial charge in [0.25, 0.3) is 5.91 Å². The fourth-order valence-corrected chi connectivity index (χ4v) is 3.97. The lowest BCUT2D eigenvalue weighted by atomic mass is 9.87. The summed E-state index contributed by atoms with van der Waals surface area (Å²) in [6, 6.07) is 17.8. The molecule has 39 heavy (non-hydrogen) atoms. The van der Waals surface area contributed by atoms with Gasteiger partial charge in [-0.05, 0) is 22.4 Å². The minimum atomic E-state index is -1.92. The van der Waals surface area contributed by atoms with Gasteiger partial charge in [-0.2, -0.15) is 10.5 Å². The molecule has 1 atom stereocenters. The Morgan fingerprint density at radius 1 is 0.872 bits per heavy atom. The maximum Gasteiger partial charge on any atom is 0.322 e. The summed E-state index contributed by atoms with van der Waals surface area (Å²) in [5, 5.41) is 29.8. The van der Waals surface area contributed by atoms with Crippen molar-refractivity contribution in [2.45, 2.75) is 5.54 Å². The standard InChI is InChI=1S/C27H26N6O6/c1-37-21-13-20(14-22(38-2)24(21)39-3)32-26(36)33-27(16-31-23(34)15-29,25(35)30-11-10-28)19-9-8-17-6-4-5-7-18(17)12-19/h4-9,12-14H,11,16H2,1-3H3,(H,30,35)(H,31,34)(H2,32,33,36). The monoisotopic (exact) mass is 530 g/mol. The number of nitriles is 2. The number of amides is 4. The normalized spacial score (nSPS) is 11.6. The molecule has 12 heteroatoms. The van der Waals surface area contributed by atoms with E-state index in [1.165, 1.54) is 39.5 Å². The van der Waals surface area contributed by atoms with E-state index < -0.39 is 29.9 Å². The second-order valence-electron chi connectivity index (χ2n) is 8.10. The Morgan fingerprint density at radius 2 is 1.54 bits per heavy atom. The van der Waals surface area contributed by atoms with Crippen LogP contribution in [0.4, 0.5) is 10.5 Å². The van der Waals surface area contributed by atoms with E-state index in [1.54, 1.807) is 18.2 Å². The number of nitrogens with zero attached hydrogens (tertiary/aromatic N) is 2. The molecule has 0 saturated heterocycles. The van der Waals surface area contributed by atoms with E-state index in [0.29, 0.717) is 11.3 Å². The van der Waals surface area contributed by atoms with E-state index in [1.807, 2.05) is 30.3 Å². The van der Waals surface area contributed by atoms with Gasteiger partial charge in [0.05, 0.1) is 39.6 Å². The van der Waals surface area contributed by atoms with E-state index in [-0.39, 0.29) is 23.7 Å². The van der Waals surface area contributed by atoms with Gasteiger partial charge in [-0.15, -0.1) is 0 Å². The molecule has 4 N–H and O–H groups in total. The van der Waals surface area contributed by atoms with Crippen molar-refractivity contribution in [3.63, 3.8) is 0 Å². The van der Waals surface area contributed by atoms with E-state index in [4.69, 9.17) is 24.7 Å². The van der Waals surface area contributed by atoms with Crippen molar-refractivity contribution >= 4 is 34.3 Å². The van der Waals surface area contributed by atoms with E-state index >= 15 is 0 Å². The van der Waals surface area contributed by atoms with Crippen molar-refractivity contribution in [1.29, 1.82) is 10.5 Å². The quantitative estimate of drug-likeness (QED) is 0.228. The number of hydrogen-bond acceptors (Lipinski definition) is 8. The Bertz CT molecular complexity index is 1450. The Labute approximate surface area is 224 Å². The van der Waals surface area contributed by atoms with Crippen LogP contribution < -0.4 is 35.5 Å². The third kappa shape index (κ3) is 6.26. The van der Waals surface area contributed by atoms with Crippen molar-refractivity contribution in [2.24, 2.45) is 0 Å². The molecule has 12 nitrogen and oxygen atoms in total. The molecule has 0 radical (unpaired) electrons. The van der Waals surface area contributed by atoms with Crippen LogP contribution in [0.15, 0.2) is 54.6 Å². The van der Waals surface area contributed by atoms with Crippen LogP contribution in [0.25, 0.3) is 10.8 Å². The van der Waals surface area contributed by atoms with Crippen molar-refractivity contribution in [3.8, 4) is 29.4 Å². The smallest absolute Gasteiger partial charge is 0.322 e. The summed E-state index contributed by atoms with van der Waals surface area (Å²) in [7, 11) is 4.28. The molecular weight excluding hydrogens is 504 g/mol. The van der Waals surface area contributed by atoms with Gasteiger partial charge < -0.3 is 35.5 Å². The number of carbonyl (C=O) groups is 3. The molecule has 1 unspecified atom stereocenters. The highest BCUT2D eigenvalue weighted by Gasteiger charge is 2.42. The van der Waals surface area contributed by atoms with Crippen LogP contribution in [0.2, 0.25) is 0 Å². The maximum absolute atomic E-state index is 13.5. The number of urea groups is 1. The highest BCUT2D eigenvalue weighted by atomic mass is 16.5. The number of fused-ring (bicyclic) bond motifs is 1. The van der Waals surface area contributed by atoms with Gasteiger partial charge in [0.2, 0.25) is 5.75 Å². The zero-order valence-electron chi connectivity index (χ0n) is 21.5. The Kier molecular flexibility index (Phi) is 9.11. The summed E-state index contributed by atoms with van der Waals surface area (Å²) >= 11 is 0. The van der Waals surface area contributed by atoms with Gasteiger partial charge in [-0.3, -0.25) is 9.59 Å². The Hall–Kier alpha value is -5.49. The first-order valence-corrected chi connectivity index (χ1v) is 11.5. The number of rotatable bonds is 10. The van der Waals surface area contributed by atoms with Crippen molar-refractivity contribution in [1.82, 2.24) is 16.0 Å². The fourth-order valence-electron chi connectivity index (χ4n) is 3.97. The highest BCUT2D eigenvalue weighted by molar-refractivity contribution is 5.99. The summed E-state index contributed by atoms with van der Waals surface area (Å²) in [5.41, 5.74) is -1.37. The number of hydrogen-bond donors (Lipinski definition) is 4. The third-order valence-corrected chi connectivity index (χ3v) is 5.82. The molecule has 200 valence electrons. The van der Waals surface area contributed by atoms with E-state index in [2.05, 4.69) is 21.3 Å². The molecule has 0 spiro atoms. The number of anilines is 1.